The van der Waals surface area contributed by atoms with E-state index >= 15 is 0 Å². The molecule has 0 radical (unpaired) electrons. The van der Waals surface area contributed by atoms with Crippen LogP contribution in [0.15, 0.2) is 34.7 Å². The summed E-state index contributed by atoms with van der Waals surface area (Å²) in [5, 5.41) is 11.3. The number of benzene rings is 1. The van der Waals surface area contributed by atoms with Crippen LogP contribution in [0.5, 0.6) is 0 Å². The van der Waals surface area contributed by atoms with Crippen molar-refractivity contribution in [3.63, 3.8) is 0 Å². The van der Waals surface area contributed by atoms with Gasteiger partial charge in [-0.25, -0.2) is 13.4 Å². The summed E-state index contributed by atoms with van der Waals surface area (Å²) in [5.41, 5.74) is 1.57. The molecule has 0 aliphatic carbocycles. The number of nitrogens with one attached hydrogen (secondary N) is 1. The van der Waals surface area contributed by atoms with Gasteiger partial charge in [-0.2, -0.15) is 0 Å². The van der Waals surface area contributed by atoms with E-state index in [-0.39, 0.29) is 11.5 Å². The summed E-state index contributed by atoms with van der Waals surface area (Å²) in [6.45, 7) is 1.78. The number of hydrogen-bond donors (Lipinski definition) is 2. The monoisotopic (exact) mass is 298 g/mol. The van der Waals surface area contributed by atoms with Crippen molar-refractivity contribution in [3.8, 4) is 0 Å². The fourth-order valence-electron chi connectivity index (χ4n) is 1.71. The van der Waals surface area contributed by atoms with E-state index in [0.717, 1.165) is 12.0 Å². The number of nitrogens with zero attached hydrogens (tertiary/aromatic N) is 1. The molecule has 0 atom stereocenters. The van der Waals surface area contributed by atoms with Crippen LogP contribution in [0.3, 0.4) is 0 Å². The second kappa shape index (κ2) is 5.68. The number of sulfonamides is 1. The van der Waals surface area contributed by atoms with Gasteiger partial charge in [-0.15, -0.1) is 11.3 Å². The molecule has 2 aromatic rings. The average Bonchev–Trinajstić information content (AvgIpc) is 2.89. The van der Waals surface area contributed by atoms with Crippen molar-refractivity contribution in [3.05, 3.63) is 40.9 Å². The molecule has 0 aliphatic rings. The Bertz CT molecular complexity index is 652. The smallest absolute Gasteiger partial charge is 0.263 e. The lowest BCUT2D eigenvalue weighted by atomic mass is 10.1. The van der Waals surface area contributed by atoms with Crippen LogP contribution in [0.2, 0.25) is 0 Å². The Labute approximate surface area is 116 Å². The van der Waals surface area contributed by atoms with Crippen molar-refractivity contribution in [1.29, 1.82) is 0 Å². The number of aliphatic hydroxyl groups is 1. The van der Waals surface area contributed by atoms with Crippen molar-refractivity contribution in [2.24, 2.45) is 0 Å². The minimum absolute atomic E-state index is 0.129. The van der Waals surface area contributed by atoms with Gasteiger partial charge in [0, 0.05) is 11.6 Å². The molecule has 0 saturated heterocycles. The third kappa shape index (κ3) is 3.12. The largest absolute Gasteiger partial charge is 0.392 e. The van der Waals surface area contributed by atoms with Crippen LogP contribution in [-0.2, 0) is 23.1 Å². The van der Waals surface area contributed by atoms with Crippen molar-refractivity contribution < 1.29 is 13.5 Å². The molecule has 5 nitrogen and oxygen atoms in total. The second-order valence-electron chi connectivity index (χ2n) is 3.88. The summed E-state index contributed by atoms with van der Waals surface area (Å²) < 4.78 is 26.7. The third-order valence-electron chi connectivity index (χ3n) is 2.69. The minimum Gasteiger partial charge on any atom is -0.392 e. The highest BCUT2D eigenvalue weighted by Crippen LogP contribution is 2.21. The zero-order chi connectivity index (χ0) is 13.9. The molecule has 1 aromatic carbocycles. The molecule has 0 saturated carbocycles. The van der Waals surface area contributed by atoms with E-state index in [1.807, 2.05) is 6.92 Å². The predicted octanol–water partition coefficient (Wildman–Crippen LogP) is 2.00. The highest BCUT2D eigenvalue weighted by molar-refractivity contribution is 7.93. The highest BCUT2D eigenvalue weighted by atomic mass is 32.2. The highest BCUT2D eigenvalue weighted by Gasteiger charge is 2.16. The van der Waals surface area contributed by atoms with E-state index in [2.05, 4.69) is 9.71 Å². The normalized spacial score (nSPS) is 11.5. The fourth-order valence-corrected chi connectivity index (χ4v) is 3.55. The standard InChI is InChI=1S/C12H14N2O3S2/c1-2-9-3-4-11(7-10(9)8-15)19(16,17)14-12-13-5-6-18-12/h3-7,15H,2,8H2,1H3,(H,13,14). The van der Waals surface area contributed by atoms with E-state index in [9.17, 15) is 13.5 Å². The second-order valence-corrected chi connectivity index (χ2v) is 6.46. The van der Waals surface area contributed by atoms with Gasteiger partial charge in [-0.3, -0.25) is 4.72 Å². The molecule has 7 heteroatoms. The van der Waals surface area contributed by atoms with Crippen LogP contribution in [-0.4, -0.2) is 18.5 Å². The summed E-state index contributed by atoms with van der Waals surface area (Å²) in [7, 11) is -3.65. The molecule has 0 unspecified atom stereocenters. The molecule has 0 amide bonds. The lowest BCUT2D eigenvalue weighted by Gasteiger charge is -2.09. The van der Waals surface area contributed by atoms with Gasteiger partial charge in [0.05, 0.1) is 11.5 Å². The van der Waals surface area contributed by atoms with Gasteiger partial charge in [0.2, 0.25) is 0 Å². The Morgan fingerprint density at radius 2 is 2.16 bits per heavy atom. The van der Waals surface area contributed by atoms with E-state index in [0.29, 0.717) is 10.7 Å². The summed E-state index contributed by atoms with van der Waals surface area (Å²) in [5.74, 6) is 0. The fraction of sp³-hybridized carbons (Fsp3) is 0.250. The average molecular weight is 298 g/mol. The first-order chi connectivity index (χ1) is 9.06. The van der Waals surface area contributed by atoms with Gasteiger partial charge in [0.1, 0.15) is 0 Å². The zero-order valence-electron chi connectivity index (χ0n) is 10.3. The lowest BCUT2D eigenvalue weighted by Crippen LogP contribution is -2.13. The van der Waals surface area contributed by atoms with Crippen molar-refractivity contribution >= 4 is 26.5 Å². The van der Waals surface area contributed by atoms with Crippen LogP contribution < -0.4 is 4.72 Å². The van der Waals surface area contributed by atoms with E-state index < -0.39 is 10.0 Å². The zero-order valence-corrected chi connectivity index (χ0v) is 12.0. The number of hydrogen-bond acceptors (Lipinski definition) is 5. The van der Waals surface area contributed by atoms with Gasteiger partial charge in [0.25, 0.3) is 10.0 Å². The van der Waals surface area contributed by atoms with Crippen LogP contribution >= 0.6 is 11.3 Å². The van der Waals surface area contributed by atoms with E-state index in [1.54, 1.807) is 11.4 Å². The molecule has 0 aliphatic heterocycles. The summed E-state index contributed by atoms with van der Waals surface area (Å²) in [6.07, 6.45) is 2.28. The van der Waals surface area contributed by atoms with Crippen LogP contribution in [0.25, 0.3) is 0 Å². The van der Waals surface area contributed by atoms with Crippen LogP contribution in [0, 0.1) is 0 Å². The number of thiazole rings is 1. The van der Waals surface area contributed by atoms with Gasteiger partial charge in [0.15, 0.2) is 5.13 Å². The Kier molecular flexibility index (Phi) is 4.18. The molecule has 2 N–H and O–H groups in total. The molecule has 19 heavy (non-hydrogen) atoms. The number of aryl methyl sites for hydroxylation is 1. The third-order valence-corrected chi connectivity index (χ3v) is 4.85. The van der Waals surface area contributed by atoms with Gasteiger partial charge in [-0.05, 0) is 29.7 Å². The van der Waals surface area contributed by atoms with Crippen molar-refractivity contribution in [2.75, 3.05) is 4.72 Å². The van der Waals surface area contributed by atoms with E-state index in [1.165, 1.54) is 29.7 Å². The molecule has 2 rings (SSSR count). The molecular weight excluding hydrogens is 284 g/mol. The van der Waals surface area contributed by atoms with E-state index in [4.69, 9.17) is 0 Å². The topological polar surface area (TPSA) is 79.3 Å². The lowest BCUT2D eigenvalue weighted by molar-refractivity contribution is 0.280. The molecule has 0 spiro atoms. The number of anilines is 1. The Balaban J connectivity index is 2.35. The van der Waals surface area contributed by atoms with Gasteiger partial charge in [-0.1, -0.05) is 13.0 Å². The van der Waals surface area contributed by atoms with Gasteiger partial charge >= 0.3 is 0 Å². The van der Waals surface area contributed by atoms with Crippen molar-refractivity contribution in [2.45, 2.75) is 24.8 Å². The molecule has 102 valence electrons. The van der Waals surface area contributed by atoms with Crippen LogP contribution in [0.1, 0.15) is 18.1 Å². The maximum atomic E-state index is 12.1. The molecular formula is C12H14N2O3S2. The quantitative estimate of drug-likeness (QED) is 0.885. The van der Waals surface area contributed by atoms with Gasteiger partial charge < -0.3 is 5.11 Å². The summed E-state index contributed by atoms with van der Waals surface area (Å²) in [4.78, 5) is 4.01. The first kappa shape index (κ1) is 14.0. The Morgan fingerprint density at radius 1 is 1.37 bits per heavy atom. The first-order valence-electron chi connectivity index (χ1n) is 5.72. The number of aliphatic hydroxyl groups excluding tert-OH is 1. The summed E-state index contributed by atoms with van der Waals surface area (Å²) >= 11 is 1.21. The predicted molar refractivity (Wildman–Crippen MR) is 74.7 cm³/mol. The molecule has 0 fully saturated rings. The maximum absolute atomic E-state index is 12.1. The number of rotatable bonds is 5. The summed E-state index contributed by atoms with van der Waals surface area (Å²) in [6, 6.07) is 4.75. The maximum Gasteiger partial charge on any atom is 0.263 e. The Morgan fingerprint density at radius 3 is 2.74 bits per heavy atom. The minimum atomic E-state index is -3.65. The van der Waals surface area contributed by atoms with Crippen molar-refractivity contribution in [1.82, 2.24) is 4.98 Å². The molecule has 1 heterocycles. The Hall–Kier alpha value is -1.44. The number of aromatic nitrogens is 1. The first-order valence-corrected chi connectivity index (χ1v) is 8.08. The molecule has 1 aromatic heterocycles. The SMILES string of the molecule is CCc1ccc(S(=O)(=O)Nc2nccs2)cc1CO. The van der Waals surface area contributed by atoms with Crippen LogP contribution in [0.4, 0.5) is 5.13 Å². The molecule has 0 bridgehead atoms.